The van der Waals surface area contributed by atoms with Crippen LogP contribution in [0.5, 0.6) is 0 Å². The number of Topliss-reactive ketones (excluding diaryl/α,β-unsaturated/α-hetero) is 1. The van der Waals surface area contributed by atoms with Crippen molar-refractivity contribution in [1.29, 1.82) is 0 Å². The Labute approximate surface area is 312 Å². The van der Waals surface area contributed by atoms with E-state index in [1.807, 2.05) is 24.3 Å². The van der Waals surface area contributed by atoms with E-state index < -0.39 is 88.1 Å². The summed E-state index contributed by atoms with van der Waals surface area (Å²) in [5.41, 5.74) is -6.65. The molecule has 1 heterocycles. The molecule has 2 saturated carbocycles. The van der Waals surface area contributed by atoms with Crippen LogP contribution >= 0.6 is 0 Å². The number of esters is 4. The third kappa shape index (κ3) is 5.56. The zero-order chi connectivity index (χ0) is 39.0. The Morgan fingerprint density at radius 3 is 2.09 bits per heavy atom. The number of benzene rings is 3. The van der Waals surface area contributed by atoms with Crippen molar-refractivity contribution in [2.24, 2.45) is 16.7 Å². The fraction of sp³-hybridized carbons (Fsp3) is 0.452. The molecule has 9 atom stereocenters. The highest BCUT2D eigenvalue weighted by Gasteiger charge is 2.79. The molecule has 12 nitrogen and oxygen atoms in total. The summed E-state index contributed by atoms with van der Waals surface area (Å²) in [5, 5.41) is 26.5. The molecule has 1 aliphatic heterocycles. The van der Waals surface area contributed by atoms with Gasteiger partial charge in [0.15, 0.2) is 17.5 Å². The quantitative estimate of drug-likeness (QED) is 0.204. The summed E-state index contributed by atoms with van der Waals surface area (Å²) in [6.45, 7) is 8.42. The summed E-state index contributed by atoms with van der Waals surface area (Å²) in [7, 11) is 0. The van der Waals surface area contributed by atoms with Crippen LogP contribution in [0.1, 0.15) is 75.1 Å². The van der Waals surface area contributed by atoms with E-state index in [1.54, 1.807) is 57.2 Å². The first kappa shape index (κ1) is 37.4. The normalized spacial score (nSPS) is 33.9. The van der Waals surface area contributed by atoms with Crippen molar-refractivity contribution < 1.29 is 57.9 Å². The van der Waals surface area contributed by atoms with Gasteiger partial charge in [-0.05, 0) is 60.0 Å². The molecular formula is C42H44O12. The van der Waals surface area contributed by atoms with E-state index >= 15 is 4.79 Å². The molecular weight excluding hydrogens is 696 g/mol. The van der Waals surface area contributed by atoms with Gasteiger partial charge in [-0.15, -0.1) is 0 Å². The van der Waals surface area contributed by atoms with Gasteiger partial charge in [0.25, 0.3) is 0 Å². The van der Waals surface area contributed by atoms with Crippen LogP contribution in [-0.2, 0) is 38.1 Å². The van der Waals surface area contributed by atoms with Gasteiger partial charge in [0.1, 0.15) is 23.9 Å². The standard InChI is InChI=1S/C42H44O12/c1-22-29(45)20-42(49)36(53-37(47)26-13-8-7-9-14-26)34-40(6,35(46)33(51-23(2)43)32(22)39(42,4)5)30(19-31-41(34,21-50-31)54-24(3)44)52-38(48)28-17-16-25-12-10-11-15-27(25)18-28/h7-18,29-31,33-34,36,45,49H,19-21H2,1-6H3/t29-,30-,31+,33+,34-,36-,40+,41-,42+/m0/s1. The van der Waals surface area contributed by atoms with Gasteiger partial charge in [0, 0.05) is 32.1 Å². The number of rotatable bonds is 6. The Bertz CT molecular complexity index is 2090. The molecule has 0 aromatic heterocycles. The molecule has 54 heavy (non-hydrogen) atoms. The lowest BCUT2D eigenvalue weighted by Crippen LogP contribution is -2.82. The van der Waals surface area contributed by atoms with Gasteiger partial charge in [-0.25, -0.2) is 9.59 Å². The lowest BCUT2D eigenvalue weighted by atomic mass is 9.44. The van der Waals surface area contributed by atoms with Crippen LogP contribution in [0.3, 0.4) is 0 Å². The number of fused-ring (bicyclic) bond motifs is 6. The molecule has 7 rings (SSSR count). The smallest absolute Gasteiger partial charge is 0.338 e. The Balaban J connectivity index is 1.48. The fourth-order valence-corrected chi connectivity index (χ4v) is 9.57. The highest BCUT2D eigenvalue weighted by molar-refractivity contribution is 5.98. The minimum absolute atomic E-state index is 0.123. The van der Waals surface area contributed by atoms with Gasteiger partial charge in [0.2, 0.25) is 0 Å². The molecule has 0 radical (unpaired) electrons. The second kappa shape index (κ2) is 13.1. The van der Waals surface area contributed by atoms with Gasteiger partial charge in [0.05, 0.1) is 35.2 Å². The van der Waals surface area contributed by atoms with E-state index in [0.29, 0.717) is 5.57 Å². The molecule has 3 aliphatic carbocycles. The summed E-state index contributed by atoms with van der Waals surface area (Å²) in [6, 6.07) is 20.5. The zero-order valence-corrected chi connectivity index (χ0v) is 31.0. The number of aliphatic hydroxyl groups is 2. The largest absolute Gasteiger partial charge is 0.458 e. The highest BCUT2D eigenvalue weighted by Crippen LogP contribution is 2.64. The number of ketones is 1. The summed E-state index contributed by atoms with van der Waals surface area (Å²) < 4.78 is 30.7. The molecule has 12 heteroatoms. The monoisotopic (exact) mass is 740 g/mol. The van der Waals surface area contributed by atoms with Crippen LogP contribution in [-0.4, -0.2) is 88.2 Å². The molecule has 2 N–H and O–H groups in total. The van der Waals surface area contributed by atoms with Crippen LogP contribution in [0.15, 0.2) is 83.9 Å². The first-order valence-corrected chi connectivity index (χ1v) is 18.1. The van der Waals surface area contributed by atoms with Gasteiger partial charge < -0.3 is 33.9 Å². The lowest BCUT2D eigenvalue weighted by molar-refractivity contribution is -0.345. The van der Waals surface area contributed by atoms with Crippen molar-refractivity contribution in [3.05, 3.63) is 95.1 Å². The lowest BCUT2D eigenvalue weighted by Gasteiger charge is -2.67. The zero-order valence-electron chi connectivity index (χ0n) is 31.0. The Kier molecular flexibility index (Phi) is 9.10. The number of carbonyl (C=O) groups excluding carboxylic acids is 5. The van der Waals surface area contributed by atoms with Crippen LogP contribution in [0.4, 0.5) is 0 Å². The van der Waals surface area contributed by atoms with Gasteiger partial charge in [-0.1, -0.05) is 62.4 Å². The first-order chi connectivity index (χ1) is 25.5. The van der Waals surface area contributed by atoms with Crippen molar-refractivity contribution in [3.8, 4) is 0 Å². The highest BCUT2D eigenvalue weighted by atomic mass is 16.6. The third-order valence-corrected chi connectivity index (χ3v) is 12.4. The molecule has 1 saturated heterocycles. The average molecular weight is 741 g/mol. The van der Waals surface area contributed by atoms with E-state index in [1.165, 1.54) is 26.0 Å². The van der Waals surface area contributed by atoms with Gasteiger partial charge >= 0.3 is 23.9 Å². The maximum absolute atomic E-state index is 15.7. The van der Waals surface area contributed by atoms with Crippen LogP contribution in [0, 0.1) is 16.7 Å². The van der Waals surface area contributed by atoms with Crippen molar-refractivity contribution >= 4 is 40.4 Å². The predicted molar refractivity (Wildman–Crippen MR) is 192 cm³/mol. The van der Waals surface area contributed by atoms with E-state index in [9.17, 15) is 29.4 Å². The van der Waals surface area contributed by atoms with Crippen LogP contribution in [0.2, 0.25) is 0 Å². The minimum atomic E-state index is -2.20. The maximum atomic E-state index is 15.7. The molecule has 0 unspecified atom stereocenters. The number of hydrogen-bond donors (Lipinski definition) is 2. The second-order valence-electron chi connectivity index (χ2n) is 15.7. The molecule has 284 valence electrons. The predicted octanol–water partition coefficient (Wildman–Crippen LogP) is 4.67. The fourth-order valence-electron chi connectivity index (χ4n) is 9.57. The van der Waals surface area contributed by atoms with E-state index in [-0.39, 0.29) is 36.1 Å². The Morgan fingerprint density at radius 2 is 1.46 bits per heavy atom. The van der Waals surface area contributed by atoms with E-state index in [4.69, 9.17) is 23.7 Å². The average Bonchev–Trinajstić information content (AvgIpc) is 3.12. The molecule has 0 amide bonds. The van der Waals surface area contributed by atoms with Crippen molar-refractivity contribution in [1.82, 2.24) is 0 Å². The van der Waals surface area contributed by atoms with E-state index in [2.05, 4.69) is 0 Å². The Morgan fingerprint density at radius 1 is 0.815 bits per heavy atom. The SMILES string of the molecule is CC(=O)O[C@H]1C(=O)[C@]2(C)[C@@H](OC(=O)c3ccc4ccccc4c3)C[C@H]3OC[C@@]3(OC(C)=O)[C@H]2[C@H](OC(=O)c2ccccc2)[C@]2(O)C[C@H](O)C(C)=C1C2(C)C. The van der Waals surface area contributed by atoms with E-state index in [0.717, 1.165) is 17.7 Å². The third-order valence-electron chi connectivity index (χ3n) is 12.4. The van der Waals surface area contributed by atoms with Crippen molar-refractivity contribution in [2.45, 2.75) is 96.1 Å². The molecule has 3 fully saturated rings. The summed E-state index contributed by atoms with van der Waals surface area (Å²) in [6.07, 6.45) is -7.60. The minimum Gasteiger partial charge on any atom is -0.458 e. The van der Waals surface area contributed by atoms with Gasteiger partial charge in [-0.3, -0.25) is 14.4 Å². The van der Waals surface area contributed by atoms with Crippen LogP contribution < -0.4 is 0 Å². The molecule has 0 spiro atoms. The number of carbonyl (C=O) groups is 5. The Hall–Kier alpha value is -4.91. The maximum Gasteiger partial charge on any atom is 0.338 e. The molecule has 3 aromatic rings. The van der Waals surface area contributed by atoms with Crippen molar-refractivity contribution in [2.75, 3.05) is 6.61 Å². The summed E-state index contributed by atoms with van der Waals surface area (Å²) in [4.78, 5) is 69.8. The van der Waals surface area contributed by atoms with Crippen molar-refractivity contribution in [3.63, 3.8) is 0 Å². The van der Waals surface area contributed by atoms with Crippen LogP contribution in [0.25, 0.3) is 10.8 Å². The molecule has 4 aliphatic rings. The molecule has 3 aromatic carbocycles. The first-order valence-electron chi connectivity index (χ1n) is 18.1. The summed E-state index contributed by atoms with van der Waals surface area (Å²) in [5.74, 6) is -5.40. The second-order valence-corrected chi connectivity index (χ2v) is 15.7. The number of ether oxygens (including phenoxy) is 5. The van der Waals surface area contributed by atoms with Gasteiger partial charge in [-0.2, -0.15) is 0 Å². The number of aliphatic hydroxyl groups excluding tert-OH is 1. The summed E-state index contributed by atoms with van der Waals surface area (Å²) >= 11 is 0. The topological polar surface area (TPSA) is 172 Å². The number of hydrogen-bond acceptors (Lipinski definition) is 12. The molecule has 2 bridgehead atoms.